The van der Waals surface area contributed by atoms with E-state index in [4.69, 9.17) is 9.73 Å². The van der Waals surface area contributed by atoms with E-state index in [1.165, 1.54) is 24.8 Å². The summed E-state index contributed by atoms with van der Waals surface area (Å²) in [6.45, 7) is 6.41. The SMILES string of the molecule is CCNC(=NCC1(N(C)C)CCOCC1)NCC1(c2ccccc2)CCC1.I. The summed E-state index contributed by atoms with van der Waals surface area (Å²) in [6.07, 6.45) is 5.90. The fourth-order valence-corrected chi connectivity index (χ4v) is 4.28. The molecular formula is C22H37IN4O. The molecule has 1 saturated heterocycles. The maximum absolute atomic E-state index is 5.59. The molecule has 1 aliphatic heterocycles. The number of rotatable bonds is 7. The van der Waals surface area contributed by atoms with Gasteiger partial charge in [-0.2, -0.15) is 0 Å². The van der Waals surface area contributed by atoms with E-state index in [1.807, 2.05) is 0 Å². The number of likely N-dealkylation sites (N-methyl/N-ethyl adjacent to an activating group) is 1. The largest absolute Gasteiger partial charge is 0.381 e. The molecule has 0 radical (unpaired) electrons. The van der Waals surface area contributed by atoms with Crippen molar-refractivity contribution in [3.8, 4) is 0 Å². The second kappa shape index (κ2) is 10.8. The summed E-state index contributed by atoms with van der Waals surface area (Å²) in [7, 11) is 4.33. The first-order valence-electron chi connectivity index (χ1n) is 10.4. The van der Waals surface area contributed by atoms with Crippen LogP contribution in [0.4, 0.5) is 0 Å². The summed E-state index contributed by atoms with van der Waals surface area (Å²) in [5.74, 6) is 0.937. The minimum atomic E-state index is 0. The maximum Gasteiger partial charge on any atom is 0.191 e. The van der Waals surface area contributed by atoms with Gasteiger partial charge in [0, 0.05) is 37.3 Å². The molecule has 1 heterocycles. The second-order valence-corrected chi connectivity index (χ2v) is 8.28. The summed E-state index contributed by atoms with van der Waals surface area (Å²) in [4.78, 5) is 7.32. The first-order valence-corrected chi connectivity index (χ1v) is 10.4. The van der Waals surface area contributed by atoms with Crippen LogP contribution in [0.3, 0.4) is 0 Å². The highest BCUT2D eigenvalue weighted by Crippen LogP contribution is 2.43. The van der Waals surface area contributed by atoms with Gasteiger partial charge >= 0.3 is 0 Å². The Kier molecular flexibility index (Phi) is 9.02. The average molecular weight is 500 g/mol. The van der Waals surface area contributed by atoms with Gasteiger partial charge in [-0.3, -0.25) is 4.99 Å². The zero-order valence-corrected chi connectivity index (χ0v) is 20.0. The number of halogens is 1. The molecule has 2 N–H and O–H groups in total. The van der Waals surface area contributed by atoms with Crippen LogP contribution >= 0.6 is 24.0 Å². The molecule has 0 atom stereocenters. The molecule has 0 unspecified atom stereocenters. The third-order valence-corrected chi connectivity index (χ3v) is 6.54. The van der Waals surface area contributed by atoms with Crippen LogP contribution in [0, 0.1) is 0 Å². The number of nitrogens with one attached hydrogen (secondary N) is 2. The zero-order chi connectivity index (χ0) is 19.2. The van der Waals surface area contributed by atoms with Gasteiger partial charge < -0.3 is 20.3 Å². The first kappa shape index (κ1) is 23.4. The molecule has 158 valence electrons. The molecule has 0 bridgehead atoms. The minimum absolute atomic E-state index is 0. The molecule has 0 aromatic heterocycles. The van der Waals surface area contributed by atoms with Gasteiger partial charge in [-0.15, -0.1) is 24.0 Å². The van der Waals surface area contributed by atoms with Crippen molar-refractivity contribution in [2.75, 3.05) is 46.9 Å². The lowest BCUT2D eigenvalue weighted by molar-refractivity contribution is -0.00255. The summed E-state index contributed by atoms with van der Waals surface area (Å²) in [5.41, 5.74) is 1.82. The third kappa shape index (κ3) is 5.39. The Bertz CT molecular complexity index is 610. The molecule has 2 fully saturated rings. The molecule has 1 aromatic rings. The van der Waals surface area contributed by atoms with Crippen LogP contribution in [0.2, 0.25) is 0 Å². The number of ether oxygens (including phenoxy) is 1. The Morgan fingerprint density at radius 2 is 1.75 bits per heavy atom. The summed E-state index contributed by atoms with van der Waals surface area (Å²) >= 11 is 0. The van der Waals surface area contributed by atoms with E-state index < -0.39 is 0 Å². The second-order valence-electron chi connectivity index (χ2n) is 8.28. The molecule has 28 heavy (non-hydrogen) atoms. The highest BCUT2D eigenvalue weighted by molar-refractivity contribution is 14.0. The van der Waals surface area contributed by atoms with Gasteiger partial charge in [-0.25, -0.2) is 0 Å². The molecule has 0 amide bonds. The van der Waals surface area contributed by atoms with Gasteiger partial charge in [0.05, 0.1) is 6.54 Å². The Hall–Kier alpha value is -0.860. The molecule has 2 aliphatic rings. The van der Waals surface area contributed by atoms with Crippen LogP contribution in [0.15, 0.2) is 35.3 Å². The number of hydrogen-bond acceptors (Lipinski definition) is 3. The van der Waals surface area contributed by atoms with Crippen LogP contribution in [-0.2, 0) is 10.2 Å². The first-order chi connectivity index (χ1) is 13.1. The fraction of sp³-hybridized carbons (Fsp3) is 0.682. The van der Waals surface area contributed by atoms with Crippen LogP contribution in [-0.4, -0.2) is 63.3 Å². The molecule has 1 aliphatic carbocycles. The van der Waals surface area contributed by atoms with Crippen molar-refractivity contribution in [2.24, 2.45) is 4.99 Å². The van der Waals surface area contributed by atoms with Gasteiger partial charge in [0.15, 0.2) is 5.96 Å². The number of benzene rings is 1. The van der Waals surface area contributed by atoms with Gasteiger partial charge in [-0.1, -0.05) is 36.8 Å². The van der Waals surface area contributed by atoms with Crippen LogP contribution in [0.25, 0.3) is 0 Å². The smallest absolute Gasteiger partial charge is 0.191 e. The van der Waals surface area contributed by atoms with E-state index >= 15 is 0 Å². The number of nitrogens with zero attached hydrogens (tertiary/aromatic N) is 2. The van der Waals surface area contributed by atoms with Gasteiger partial charge in [0.1, 0.15) is 0 Å². The molecule has 1 saturated carbocycles. The highest BCUT2D eigenvalue weighted by Gasteiger charge is 2.39. The summed E-state index contributed by atoms with van der Waals surface area (Å²) in [6, 6.07) is 11.0. The Labute approximate surface area is 187 Å². The fourth-order valence-electron chi connectivity index (χ4n) is 4.28. The van der Waals surface area contributed by atoms with E-state index in [0.29, 0.717) is 0 Å². The normalized spacial score (nSPS) is 20.8. The summed E-state index contributed by atoms with van der Waals surface area (Å²) < 4.78 is 5.59. The van der Waals surface area contributed by atoms with Crippen molar-refractivity contribution in [3.63, 3.8) is 0 Å². The van der Waals surface area contributed by atoms with E-state index in [-0.39, 0.29) is 34.9 Å². The molecule has 1 aromatic carbocycles. The molecule has 5 nitrogen and oxygen atoms in total. The van der Waals surface area contributed by atoms with Crippen LogP contribution < -0.4 is 10.6 Å². The van der Waals surface area contributed by atoms with Gasteiger partial charge in [-0.05, 0) is 52.3 Å². The molecule has 6 heteroatoms. The highest BCUT2D eigenvalue weighted by atomic mass is 127. The Morgan fingerprint density at radius 3 is 2.29 bits per heavy atom. The lowest BCUT2D eigenvalue weighted by Gasteiger charge is -2.43. The molecule has 3 rings (SSSR count). The topological polar surface area (TPSA) is 48.9 Å². The predicted octanol–water partition coefficient (Wildman–Crippen LogP) is 3.39. The molecule has 0 spiro atoms. The average Bonchev–Trinajstić information content (AvgIpc) is 2.66. The number of hydrogen-bond donors (Lipinski definition) is 2. The van der Waals surface area contributed by atoms with Crippen LogP contribution in [0.1, 0.15) is 44.6 Å². The number of guanidine groups is 1. The van der Waals surface area contributed by atoms with Crippen molar-refractivity contribution >= 4 is 29.9 Å². The lowest BCUT2D eigenvalue weighted by atomic mass is 9.64. The van der Waals surface area contributed by atoms with E-state index in [2.05, 4.69) is 66.9 Å². The Morgan fingerprint density at radius 1 is 1.07 bits per heavy atom. The van der Waals surface area contributed by atoms with Crippen molar-refractivity contribution < 1.29 is 4.74 Å². The van der Waals surface area contributed by atoms with E-state index in [0.717, 1.165) is 51.6 Å². The monoisotopic (exact) mass is 500 g/mol. The predicted molar refractivity (Wildman–Crippen MR) is 128 cm³/mol. The molecular weight excluding hydrogens is 463 g/mol. The van der Waals surface area contributed by atoms with Gasteiger partial charge in [0.2, 0.25) is 0 Å². The lowest BCUT2D eigenvalue weighted by Crippen LogP contribution is -2.52. The maximum atomic E-state index is 5.59. The summed E-state index contributed by atoms with van der Waals surface area (Å²) in [5, 5.41) is 7.09. The minimum Gasteiger partial charge on any atom is -0.381 e. The zero-order valence-electron chi connectivity index (χ0n) is 17.7. The van der Waals surface area contributed by atoms with Gasteiger partial charge in [0.25, 0.3) is 0 Å². The third-order valence-electron chi connectivity index (χ3n) is 6.54. The van der Waals surface area contributed by atoms with Crippen molar-refractivity contribution in [1.29, 1.82) is 0 Å². The van der Waals surface area contributed by atoms with E-state index in [1.54, 1.807) is 0 Å². The van der Waals surface area contributed by atoms with Crippen molar-refractivity contribution in [2.45, 2.75) is 50.0 Å². The van der Waals surface area contributed by atoms with Crippen LogP contribution in [0.5, 0.6) is 0 Å². The number of aliphatic imine (C=N–C) groups is 1. The van der Waals surface area contributed by atoms with Crippen molar-refractivity contribution in [3.05, 3.63) is 35.9 Å². The quantitative estimate of drug-likeness (QED) is 0.343. The standard InChI is InChI=1S/C22H36N4O.HI/c1-4-23-20(25-18-22(26(2)3)13-15-27-16-14-22)24-17-21(11-8-12-21)19-9-6-5-7-10-19;/h5-7,9-10H,4,8,11-18H2,1-3H3,(H2,23,24,25);1H. The van der Waals surface area contributed by atoms with Crippen molar-refractivity contribution in [1.82, 2.24) is 15.5 Å². The van der Waals surface area contributed by atoms with E-state index in [9.17, 15) is 0 Å². The Balaban J connectivity index is 0.00000280.